The van der Waals surface area contributed by atoms with Crippen molar-refractivity contribution in [1.29, 1.82) is 5.41 Å². The van der Waals surface area contributed by atoms with Gasteiger partial charge in [0.15, 0.2) is 0 Å². The van der Waals surface area contributed by atoms with Crippen LogP contribution in [0.5, 0.6) is 5.75 Å². The number of nitrogens with two attached hydrogens (primary N) is 1. The number of hydrogen-bond acceptors (Lipinski definition) is 9. The van der Waals surface area contributed by atoms with E-state index in [1.807, 2.05) is 39.0 Å². The zero-order valence-corrected chi connectivity index (χ0v) is 21.3. The van der Waals surface area contributed by atoms with Crippen LogP contribution in [0.3, 0.4) is 0 Å². The molecule has 35 heavy (non-hydrogen) atoms. The number of hydrogen-bond donors (Lipinski definition) is 6. The van der Waals surface area contributed by atoms with Gasteiger partial charge in [0, 0.05) is 30.7 Å². The molecule has 1 aliphatic rings. The summed E-state index contributed by atoms with van der Waals surface area (Å²) in [7, 11) is 0. The van der Waals surface area contributed by atoms with Crippen LogP contribution in [0.25, 0.3) is 0 Å². The van der Waals surface area contributed by atoms with Gasteiger partial charge in [0.05, 0.1) is 19.3 Å². The van der Waals surface area contributed by atoms with Gasteiger partial charge in [0.1, 0.15) is 11.9 Å². The molecule has 1 fully saturated rings. The normalized spacial score (nSPS) is 21.1. The number of aryl methyl sites for hydroxylation is 1. The average molecular weight is 494 g/mol. The molecular weight excluding hydrogens is 450 g/mol. The van der Waals surface area contributed by atoms with Crippen LogP contribution in [-0.2, 0) is 15.9 Å². The molecule has 1 heterocycles. The van der Waals surface area contributed by atoms with Crippen LogP contribution in [0.2, 0.25) is 0 Å². The molecule has 7 N–H and O–H groups in total. The Morgan fingerprint density at radius 2 is 1.97 bits per heavy atom. The van der Waals surface area contributed by atoms with Crippen molar-refractivity contribution < 1.29 is 29.5 Å². The van der Waals surface area contributed by atoms with Gasteiger partial charge in [0.25, 0.3) is 0 Å². The molecule has 198 valence electrons. The van der Waals surface area contributed by atoms with Gasteiger partial charge in [-0.05, 0) is 68.5 Å². The highest BCUT2D eigenvalue weighted by molar-refractivity contribution is 5.92. The summed E-state index contributed by atoms with van der Waals surface area (Å²) in [5, 5.41) is 40.0. The fraction of sp³-hybridized carbons (Fsp3) is 0.654. The first kappa shape index (κ1) is 29.1. The maximum Gasteiger partial charge on any atom is 0.213 e. The van der Waals surface area contributed by atoms with Crippen molar-refractivity contribution in [3.8, 4) is 5.75 Å². The third-order valence-electron chi connectivity index (χ3n) is 6.09. The van der Waals surface area contributed by atoms with Crippen molar-refractivity contribution in [2.24, 2.45) is 11.7 Å². The van der Waals surface area contributed by atoms with E-state index in [1.165, 1.54) is 0 Å². The minimum absolute atomic E-state index is 0.0298. The Morgan fingerprint density at radius 1 is 1.23 bits per heavy atom. The average Bonchev–Trinajstić information content (AvgIpc) is 2.83. The van der Waals surface area contributed by atoms with Gasteiger partial charge in [-0.1, -0.05) is 19.9 Å². The standard InChI is InChI=1S/C26H43N3O6/c1-17(2)25(27)21(26(28)35-24-9-8-22(32)23(16-31)34-24)15-19-6-7-20(14-18(19)3)33-13-5-11-29-10-4-12-30/h6-7,14,17,22-24,28-32H,4-5,8-13,15-16,27H2,1-3H3/b25-21-,28-26?/t22-,23+,24-/m0/s1. The molecule has 0 aliphatic carbocycles. The molecule has 0 radical (unpaired) electrons. The third kappa shape index (κ3) is 9.42. The molecule has 0 spiro atoms. The quantitative estimate of drug-likeness (QED) is 0.131. The van der Waals surface area contributed by atoms with E-state index < -0.39 is 18.5 Å². The van der Waals surface area contributed by atoms with Crippen molar-refractivity contribution in [2.75, 3.05) is 32.9 Å². The number of allylic oxidation sites excluding steroid dienone is 1. The summed E-state index contributed by atoms with van der Waals surface area (Å²) in [5.74, 6) is 0.768. The monoisotopic (exact) mass is 493 g/mol. The second-order valence-electron chi connectivity index (χ2n) is 9.26. The number of rotatable bonds is 14. The Morgan fingerprint density at radius 3 is 2.63 bits per heavy atom. The first-order valence-corrected chi connectivity index (χ1v) is 12.5. The van der Waals surface area contributed by atoms with Crippen molar-refractivity contribution in [3.63, 3.8) is 0 Å². The lowest BCUT2D eigenvalue weighted by Gasteiger charge is -2.33. The van der Waals surface area contributed by atoms with Crippen LogP contribution < -0.4 is 15.8 Å². The Bertz CT molecular complexity index is 829. The van der Waals surface area contributed by atoms with Gasteiger partial charge in [-0.2, -0.15) is 0 Å². The lowest BCUT2D eigenvalue weighted by molar-refractivity contribution is -0.201. The topological polar surface area (TPSA) is 150 Å². The van der Waals surface area contributed by atoms with E-state index in [9.17, 15) is 10.2 Å². The van der Waals surface area contributed by atoms with Crippen LogP contribution in [0.4, 0.5) is 0 Å². The number of benzene rings is 1. The van der Waals surface area contributed by atoms with Crippen molar-refractivity contribution >= 4 is 5.90 Å². The van der Waals surface area contributed by atoms with Crippen molar-refractivity contribution in [3.05, 3.63) is 40.6 Å². The predicted molar refractivity (Wildman–Crippen MR) is 135 cm³/mol. The van der Waals surface area contributed by atoms with E-state index in [-0.39, 0.29) is 25.0 Å². The zero-order valence-electron chi connectivity index (χ0n) is 21.3. The van der Waals surface area contributed by atoms with Crippen LogP contribution in [-0.4, -0.2) is 72.6 Å². The fourth-order valence-electron chi connectivity index (χ4n) is 3.83. The molecule has 0 aromatic heterocycles. The summed E-state index contributed by atoms with van der Waals surface area (Å²) in [6.45, 7) is 8.08. The van der Waals surface area contributed by atoms with Gasteiger partial charge in [-0.3, -0.25) is 5.41 Å². The van der Waals surface area contributed by atoms with Gasteiger partial charge < -0.3 is 40.6 Å². The molecule has 1 aromatic rings. The number of nitrogens with one attached hydrogen (secondary N) is 2. The molecule has 1 aliphatic heterocycles. The van der Waals surface area contributed by atoms with Crippen LogP contribution in [0.15, 0.2) is 29.5 Å². The molecule has 1 saturated heterocycles. The molecule has 0 unspecified atom stereocenters. The molecule has 9 nitrogen and oxygen atoms in total. The summed E-state index contributed by atoms with van der Waals surface area (Å²) >= 11 is 0. The van der Waals surface area contributed by atoms with Crippen LogP contribution in [0.1, 0.15) is 50.7 Å². The molecule has 0 saturated carbocycles. The van der Waals surface area contributed by atoms with Gasteiger partial charge >= 0.3 is 0 Å². The Hall–Kier alpha value is -2.17. The predicted octanol–water partition coefficient (Wildman–Crippen LogP) is 2.00. The van der Waals surface area contributed by atoms with Crippen molar-refractivity contribution in [2.45, 2.75) is 71.4 Å². The van der Waals surface area contributed by atoms with E-state index in [1.54, 1.807) is 0 Å². The molecule has 3 atom stereocenters. The summed E-state index contributed by atoms with van der Waals surface area (Å²) in [6, 6.07) is 5.90. The van der Waals surface area contributed by atoms with Gasteiger partial charge in [-0.15, -0.1) is 0 Å². The molecular formula is C26H43N3O6. The smallest absolute Gasteiger partial charge is 0.213 e. The van der Waals surface area contributed by atoms with E-state index in [0.717, 1.165) is 42.8 Å². The minimum atomic E-state index is -0.740. The van der Waals surface area contributed by atoms with E-state index in [0.29, 0.717) is 37.1 Å². The summed E-state index contributed by atoms with van der Waals surface area (Å²) in [5.41, 5.74) is 9.62. The third-order valence-corrected chi connectivity index (χ3v) is 6.09. The van der Waals surface area contributed by atoms with E-state index in [2.05, 4.69) is 5.32 Å². The lowest BCUT2D eigenvalue weighted by Crippen LogP contribution is -2.43. The highest BCUT2D eigenvalue weighted by Gasteiger charge is 2.31. The summed E-state index contributed by atoms with van der Waals surface area (Å²) in [4.78, 5) is 0. The number of ether oxygens (including phenoxy) is 3. The Balaban J connectivity index is 2.00. The number of aliphatic hydroxyl groups is 3. The second kappa shape index (κ2) is 15.1. The van der Waals surface area contributed by atoms with Gasteiger partial charge in [-0.25, -0.2) is 0 Å². The van der Waals surface area contributed by atoms with E-state index >= 15 is 0 Å². The molecule has 0 amide bonds. The zero-order chi connectivity index (χ0) is 25.8. The largest absolute Gasteiger partial charge is 0.494 e. The molecule has 1 aromatic carbocycles. The van der Waals surface area contributed by atoms with Crippen molar-refractivity contribution in [1.82, 2.24) is 5.32 Å². The van der Waals surface area contributed by atoms with Gasteiger partial charge in [0.2, 0.25) is 12.2 Å². The second-order valence-corrected chi connectivity index (χ2v) is 9.26. The summed E-state index contributed by atoms with van der Waals surface area (Å²) in [6.07, 6.45) is 0.740. The fourth-order valence-corrected chi connectivity index (χ4v) is 3.83. The molecule has 0 bridgehead atoms. The maximum atomic E-state index is 9.91. The molecule has 2 rings (SSSR count). The first-order chi connectivity index (χ1) is 16.8. The first-order valence-electron chi connectivity index (χ1n) is 12.5. The maximum absolute atomic E-state index is 9.91. The minimum Gasteiger partial charge on any atom is -0.494 e. The highest BCUT2D eigenvalue weighted by atomic mass is 16.7. The highest BCUT2D eigenvalue weighted by Crippen LogP contribution is 2.25. The summed E-state index contributed by atoms with van der Waals surface area (Å²) < 4.78 is 17.3. The SMILES string of the molecule is Cc1cc(OCCCNCCCO)ccc1C/C(C(=N)O[C@H]1CC[C@H](O)[C@@H](CO)O1)=C(/N)C(C)C. The lowest BCUT2D eigenvalue weighted by atomic mass is 9.95. The van der Waals surface area contributed by atoms with E-state index in [4.69, 9.17) is 30.5 Å². The number of aliphatic hydroxyl groups excluding tert-OH is 3. The Labute approximate surface area is 208 Å². The van der Waals surface area contributed by atoms with Crippen LogP contribution in [0, 0.1) is 18.3 Å². The Kier molecular flexibility index (Phi) is 12.5. The van der Waals surface area contributed by atoms with Crippen LogP contribution >= 0.6 is 0 Å². The molecule has 9 heteroatoms.